The summed E-state index contributed by atoms with van der Waals surface area (Å²) in [5.74, 6) is 0.199. The van der Waals surface area contributed by atoms with E-state index in [1.165, 1.54) is 12.1 Å². The lowest BCUT2D eigenvalue weighted by Gasteiger charge is -2.17. The standard InChI is InChI=1S/C15H14Cl2FNO/c1-9(10-3-5-12(20-2)6-4-10)19-11-7-13(16)15(18)14(17)8-11/h3-9,19H,1-2H3. The van der Waals surface area contributed by atoms with Gasteiger partial charge in [-0.25, -0.2) is 4.39 Å². The van der Waals surface area contributed by atoms with Crippen molar-refractivity contribution in [2.75, 3.05) is 12.4 Å². The summed E-state index contributed by atoms with van der Waals surface area (Å²) >= 11 is 11.5. The molecule has 0 spiro atoms. The number of nitrogens with one attached hydrogen (secondary N) is 1. The van der Waals surface area contributed by atoms with Crippen LogP contribution >= 0.6 is 23.2 Å². The van der Waals surface area contributed by atoms with Crippen LogP contribution in [0.3, 0.4) is 0 Å². The number of methoxy groups -OCH3 is 1. The van der Waals surface area contributed by atoms with Crippen LogP contribution in [0.5, 0.6) is 5.75 Å². The average molecular weight is 314 g/mol. The van der Waals surface area contributed by atoms with Crippen molar-refractivity contribution in [1.29, 1.82) is 0 Å². The molecule has 0 aliphatic rings. The van der Waals surface area contributed by atoms with Gasteiger partial charge >= 0.3 is 0 Å². The monoisotopic (exact) mass is 313 g/mol. The first-order valence-corrected chi connectivity index (χ1v) is 6.82. The molecule has 0 amide bonds. The minimum atomic E-state index is -0.601. The van der Waals surface area contributed by atoms with Crippen LogP contribution in [0.1, 0.15) is 18.5 Å². The van der Waals surface area contributed by atoms with Crippen LogP contribution in [-0.2, 0) is 0 Å². The van der Waals surface area contributed by atoms with Gasteiger partial charge < -0.3 is 10.1 Å². The lowest BCUT2D eigenvalue weighted by atomic mass is 10.1. The predicted molar refractivity (Wildman–Crippen MR) is 81.5 cm³/mol. The third-order valence-electron chi connectivity index (χ3n) is 2.98. The molecule has 0 aliphatic heterocycles. The molecule has 0 aromatic heterocycles. The van der Waals surface area contributed by atoms with Gasteiger partial charge in [0.05, 0.1) is 17.2 Å². The van der Waals surface area contributed by atoms with Crippen LogP contribution in [0.15, 0.2) is 36.4 Å². The first-order chi connectivity index (χ1) is 9.51. The highest BCUT2D eigenvalue weighted by Gasteiger charge is 2.10. The fourth-order valence-corrected chi connectivity index (χ4v) is 2.35. The molecule has 20 heavy (non-hydrogen) atoms. The second kappa shape index (κ2) is 6.33. The Hall–Kier alpha value is -1.45. The summed E-state index contributed by atoms with van der Waals surface area (Å²) in [7, 11) is 1.62. The third-order valence-corrected chi connectivity index (χ3v) is 3.53. The molecule has 0 fully saturated rings. The molecule has 1 unspecified atom stereocenters. The molecule has 0 aliphatic carbocycles. The number of anilines is 1. The molecule has 2 rings (SSSR count). The highest BCUT2D eigenvalue weighted by molar-refractivity contribution is 6.35. The molecule has 2 aromatic rings. The molecular weight excluding hydrogens is 300 g/mol. The van der Waals surface area contributed by atoms with Crippen LogP contribution in [-0.4, -0.2) is 7.11 Å². The maximum absolute atomic E-state index is 13.3. The average Bonchev–Trinajstić information content (AvgIpc) is 2.44. The second-order valence-corrected chi connectivity index (χ2v) is 5.21. The highest BCUT2D eigenvalue weighted by atomic mass is 35.5. The van der Waals surface area contributed by atoms with E-state index in [9.17, 15) is 4.39 Å². The Morgan fingerprint density at radius 2 is 1.65 bits per heavy atom. The Labute approximate surface area is 127 Å². The lowest BCUT2D eigenvalue weighted by Crippen LogP contribution is -2.06. The van der Waals surface area contributed by atoms with E-state index in [-0.39, 0.29) is 16.1 Å². The van der Waals surface area contributed by atoms with Gasteiger partial charge in [-0.05, 0) is 36.8 Å². The predicted octanol–water partition coefficient (Wildman–Crippen LogP) is 5.31. The number of ether oxygens (including phenoxy) is 1. The highest BCUT2D eigenvalue weighted by Crippen LogP contribution is 2.29. The maximum atomic E-state index is 13.3. The quantitative estimate of drug-likeness (QED) is 0.772. The molecule has 0 saturated carbocycles. The molecule has 2 nitrogen and oxygen atoms in total. The molecule has 0 radical (unpaired) electrons. The number of rotatable bonds is 4. The molecular formula is C15H14Cl2FNO. The van der Waals surface area contributed by atoms with Gasteiger partial charge in [0.25, 0.3) is 0 Å². The molecule has 0 saturated heterocycles. The van der Waals surface area contributed by atoms with E-state index in [2.05, 4.69) is 5.32 Å². The van der Waals surface area contributed by atoms with Gasteiger partial charge in [0, 0.05) is 11.7 Å². The first-order valence-electron chi connectivity index (χ1n) is 6.06. The van der Waals surface area contributed by atoms with Crippen molar-refractivity contribution >= 4 is 28.9 Å². The number of hydrogen-bond acceptors (Lipinski definition) is 2. The third kappa shape index (κ3) is 3.35. The van der Waals surface area contributed by atoms with Crippen molar-refractivity contribution in [3.05, 3.63) is 57.8 Å². The summed E-state index contributed by atoms with van der Waals surface area (Å²) in [5, 5.41) is 3.23. The first kappa shape index (κ1) is 14.9. The van der Waals surface area contributed by atoms with Gasteiger partial charge in [-0.3, -0.25) is 0 Å². The summed E-state index contributed by atoms with van der Waals surface area (Å²) in [6.45, 7) is 1.99. The summed E-state index contributed by atoms with van der Waals surface area (Å²) in [4.78, 5) is 0. The SMILES string of the molecule is COc1ccc(C(C)Nc2cc(Cl)c(F)c(Cl)c2)cc1. The molecule has 0 heterocycles. The topological polar surface area (TPSA) is 21.3 Å². The zero-order chi connectivity index (χ0) is 14.7. The fourth-order valence-electron chi connectivity index (χ4n) is 1.86. The molecule has 2 aromatic carbocycles. The summed E-state index contributed by atoms with van der Waals surface area (Å²) in [6.07, 6.45) is 0. The summed E-state index contributed by atoms with van der Waals surface area (Å²) in [5.41, 5.74) is 1.74. The smallest absolute Gasteiger partial charge is 0.160 e. The van der Waals surface area contributed by atoms with Crippen LogP contribution in [0.25, 0.3) is 0 Å². The van der Waals surface area contributed by atoms with Crippen LogP contribution in [0, 0.1) is 5.82 Å². The zero-order valence-electron chi connectivity index (χ0n) is 11.1. The summed E-state index contributed by atoms with van der Waals surface area (Å²) in [6, 6.07) is 10.8. The van der Waals surface area contributed by atoms with E-state index < -0.39 is 5.82 Å². The van der Waals surface area contributed by atoms with Gasteiger partial charge in [-0.2, -0.15) is 0 Å². The van der Waals surface area contributed by atoms with E-state index in [1.807, 2.05) is 31.2 Å². The maximum Gasteiger partial charge on any atom is 0.160 e. The number of hydrogen-bond donors (Lipinski definition) is 1. The minimum absolute atomic E-state index is 0.00179. The Kier molecular flexibility index (Phi) is 4.73. The van der Waals surface area contributed by atoms with Crippen LogP contribution in [0.4, 0.5) is 10.1 Å². The second-order valence-electron chi connectivity index (χ2n) is 4.39. The van der Waals surface area contributed by atoms with Crippen molar-refractivity contribution in [3.8, 4) is 5.75 Å². The van der Waals surface area contributed by atoms with Gasteiger partial charge in [0.1, 0.15) is 5.75 Å². The Balaban J connectivity index is 2.16. The van der Waals surface area contributed by atoms with E-state index in [0.717, 1.165) is 11.3 Å². The van der Waals surface area contributed by atoms with Crippen molar-refractivity contribution in [3.63, 3.8) is 0 Å². The lowest BCUT2D eigenvalue weighted by molar-refractivity contribution is 0.414. The van der Waals surface area contributed by atoms with Gasteiger partial charge in [0.2, 0.25) is 0 Å². The zero-order valence-corrected chi connectivity index (χ0v) is 12.6. The van der Waals surface area contributed by atoms with Crippen molar-refractivity contribution < 1.29 is 9.13 Å². The molecule has 1 atom stereocenters. The van der Waals surface area contributed by atoms with E-state index in [4.69, 9.17) is 27.9 Å². The van der Waals surface area contributed by atoms with Gasteiger partial charge in [-0.15, -0.1) is 0 Å². The molecule has 106 valence electrons. The minimum Gasteiger partial charge on any atom is -0.497 e. The Morgan fingerprint density at radius 1 is 1.10 bits per heavy atom. The van der Waals surface area contributed by atoms with Gasteiger partial charge in [-0.1, -0.05) is 35.3 Å². The molecule has 0 bridgehead atoms. The van der Waals surface area contributed by atoms with Gasteiger partial charge in [0.15, 0.2) is 5.82 Å². The van der Waals surface area contributed by atoms with Crippen molar-refractivity contribution in [2.45, 2.75) is 13.0 Å². The fraction of sp³-hybridized carbons (Fsp3) is 0.200. The number of halogens is 3. The summed E-state index contributed by atoms with van der Waals surface area (Å²) < 4.78 is 18.5. The number of benzene rings is 2. The normalized spacial score (nSPS) is 12.1. The van der Waals surface area contributed by atoms with E-state index >= 15 is 0 Å². The van der Waals surface area contributed by atoms with Crippen molar-refractivity contribution in [1.82, 2.24) is 0 Å². The van der Waals surface area contributed by atoms with E-state index in [0.29, 0.717) is 5.69 Å². The van der Waals surface area contributed by atoms with E-state index in [1.54, 1.807) is 7.11 Å². The molecule has 1 N–H and O–H groups in total. The Bertz CT molecular complexity index is 578. The van der Waals surface area contributed by atoms with Crippen molar-refractivity contribution in [2.24, 2.45) is 0 Å². The van der Waals surface area contributed by atoms with Crippen LogP contribution in [0.2, 0.25) is 10.0 Å². The largest absolute Gasteiger partial charge is 0.497 e. The molecule has 5 heteroatoms. The van der Waals surface area contributed by atoms with Crippen LogP contribution < -0.4 is 10.1 Å². The Morgan fingerprint density at radius 3 is 2.15 bits per heavy atom.